The average Bonchev–Trinajstić information content (AvgIpc) is 3.10. The molecule has 1 atom stereocenters. The average molecular weight is 517 g/mol. The molecule has 2 heterocycles. The first kappa shape index (κ1) is 23.8. The minimum atomic E-state index is -4.62. The molecule has 4 aromatic rings. The van der Waals surface area contributed by atoms with Crippen LogP contribution in [0, 0.1) is 0 Å². The minimum absolute atomic E-state index is 0.00434. The Labute approximate surface area is 204 Å². The number of thiazole rings is 1. The molecule has 0 aliphatic heterocycles. The monoisotopic (exact) mass is 517 g/mol. The summed E-state index contributed by atoms with van der Waals surface area (Å²) in [6, 6.07) is 7.17. The van der Waals surface area contributed by atoms with Gasteiger partial charge in [0.05, 0.1) is 27.5 Å². The number of aromatic nitrogens is 3. The Bertz CT molecular complexity index is 1730. The van der Waals surface area contributed by atoms with Crippen molar-refractivity contribution in [1.29, 1.82) is 0 Å². The second-order valence-corrected chi connectivity index (χ2v) is 9.53. The van der Waals surface area contributed by atoms with E-state index in [9.17, 15) is 37.5 Å². The number of nitrogens with zero attached hydrogens (tertiary/aromatic N) is 3. The third kappa shape index (κ3) is 3.68. The van der Waals surface area contributed by atoms with Crippen molar-refractivity contribution in [3.05, 3.63) is 95.4 Å². The van der Waals surface area contributed by atoms with E-state index < -0.39 is 40.6 Å². The van der Waals surface area contributed by atoms with Crippen LogP contribution in [0.3, 0.4) is 0 Å². The van der Waals surface area contributed by atoms with Crippen LogP contribution < -0.4 is 16.1 Å². The molecule has 186 valence electrons. The summed E-state index contributed by atoms with van der Waals surface area (Å²) in [6.45, 7) is 0. The van der Waals surface area contributed by atoms with Crippen LogP contribution in [0.4, 0.5) is 13.2 Å². The number of rotatable bonds is 3. The summed E-state index contributed by atoms with van der Waals surface area (Å²) in [5.74, 6) is -1.58. The van der Waals surface area contributed by atoms with Gasteiger partial charge in [0, 0.05) is 13.2 Å². The van der Waals surface area contributed by atoms with Crippen LogP contribution in [0.15, 0.2) is 57.0 Å². The number of hydrogen-bond donors (Lipinski definition) is 1. The summed E-state index contributed by atoms with van der Waals surface area (Å²) < 4.78 is 44.6. The Morgan fingerprint density at radius 2 is 1.89 bits per heavy atom. The summed E-state index contributed by atoms with van der Waals surface area (Å²) in [6.07, 6.45) is -3.13. The van der Waals surface area contributed by atoms with Crippen LogP contribution in [-0.4, -0.2) is 24.8 Å². The fourth-order valence-electron chi connectivity index (χ4n) is 4.81. The smallest absolute Gasteiger partial charge is 0.416 e. The van der Waals surface area contributed by atoms with Crippen molar-refractivity contribution in [2.45, 2.75) is 31.5 Å². The molecular weight excluding hydrogens is 499 g/mol. The number of fused-ring (bicyclic) bond motifs is 2. The van der Waals surface area contributed by atoms with E-state index in [0.29, 0.717) is 10.2 Å². The number of aryl methyl sites for hydroxylation is 1. The normalized spacial score (nSPS) is 15.7. The molecule has 0 radical (unpaired) electrons. The maximum atomic E-state index is 13.6. The van der Waals surface area contributed by atoms with E-state index in [1.807, 2.05) is 0 Å². The number of halogens is 3. The summed E-state index contributed by atoms with van der Waals surface area (Å²) in [7, 11) is 1.59. The largest absolute Gasteiger partial charge is 0.477 e. The zero-order valence-corrected chi connectivity index (χ0v) is 19.5. The van der Waals surface area contributed by atoms with E-state index in [1.165, 1.54) is 28.8 Å². The lowest BCUT2D eigenvalue weighted by Crippen LogP contribution is -2.45. The van der Waals surface area contributed by atoms with Crippen molar-refractivity contribution >= 4 is 27.5 Å². The van der Waals surface area contributed by atoms with Gasteiger partial charge < -0.3 is 9.67 Å². The van der Waals surface area contributed by atoms with Gasteiger partial charge in [0.15, 0.2) is 0 Å². The van der Waals surface area contributed by atoms with E-state index in [4.69, 9.17) is 0 Å². The third-order valence-electron chi connectivity index (χ3n) is 6.50. The van der Waals surface area contributed by atoms with E-state index >= 15 is 0 Å². The molecule has 1 aliphatic rings. The quantitative estimate of drug-likeness (QED) is 0.448. The molecule has 1 aliphatic carbocycles. The molecule has 0 bridgehead atoms. The van der Waals surface area contributed by atoms with E-state index in [1.54, 1.807) is 13.1 Å². The summed E-state index contributed by atoms with van der Waals surface area (Å²) in [4.78, 5) is 50.5. The fourth-order valence-corrected chi connectivity index (χ4v) is 5.72. The molecule has 8 nitrogen and oxygen atoms in total. The van der Waals surface area contributed by atoms with E-state index in [-0.39, 0.29) is 40.9 Å². The Hall–Kier alpha value is -3.93. The van der Waals surface area contributed by atoms with Crippen LogP contribution in [0.1, 0.15) is 45.9 Å². The molecule has 5 rings (SSSR count). The van der Waals surface area contributed by atoms with Gasteiger partial charge in [0.25, 0.3) is 5.56 Å². The Morgan fingerprint density at radius 3 is 2.58 bits per heavy atom. The molecule has 0 saturated carbocycles. The minimum Gasteiger partial charge on any atom is -0.477 e. The molecule has 2 aromatic carbocycles. The predicted octanol–water partition coefficient (Wildman–Crippen LogP) is 3.56. The lowest BCUT2D eigenvalue weighted by atomic mass is 9.84. The fraction of sp³-hybridized carbons (Fsp3) is 0.250. The zero-order valence-electron chi connectivity index (χ0n) is 18.7. The van der Waals surface area contributed by atoms with Crippen LogP contribution in [0.25, 0.3) is 15.9 Å². The number of carboxylic acid groups (broad SMARTS) is 1. The molecule has 0 fully saturated rings. The maximum absolute atomic E-state index is 13.6. The Balaban J connectivity index is 1.78. The van der Waals surface area contributed by atoms with Crippen molar-refractivity contribution in [2.24, 2.45) is 7.05 Å². The van der Waals surface area contributed by atoms with Gasteiger partial charge in [0.2, 0.25) is 0 Å². The molecule has 0 saturated heterocycles. The van der Waals surface area contributed by atoms with Crippen molar-refractivity contribution in [3.8, 4) is 5.69 Å². The first-order valence-corrected chi connectivity index (χ1v) is 11.7. The number of carbonyl (C=O) groups is 1. The Kier molecular flexibility index (Phi) is 5.51. The van der Waals surface area contributed by atoms with Gasteiger partial charge in [-0.2, -0.15) is 13.2 Å². The molecule has 0 amide bonds. The first-order chi connectivity index (χ1) is 17.0. The highest BCUT2D eigenvalue weighted by atomic mass is 32.1. The predicted molar refractivity (Wildman–Crippen MR) is 126 cm³/mol. The van der Waals surface area contributed by atoms with Gasteiger partial charge in [-0.25, -0.2) is 9.59 Å². The second kappa shape index (κ2) is 8.33. The van der Waals surface area contributed by atoms with E-state index in [2.05, 4.69) is 0 Å². The number of aromatic carboxylic acids is 1. The SMILES string of the molecule is Cn1c(=O)sc2cc(-n3cc(C(=O)O)c(=O)n([C@H]4CCCc5c4cccc5C(F)(F)F)c3=O)ccc21. The lowest BCUT2D eigenvalue weighted by Gasteiger charge is -2.29. The van der Waals surface area contributed by atoms with Crippen LogP contribution >= 0.6 is 11.3 Å². The highest BCUT2D eigenvalue weighted by Crippen LogP contribution is 2.40. The maximum Gasteiger partial charge on any atom is 0.416 e. The highest BCUT2D eigenvalue weighted by molar-refractivity contribution is 7.16. The van der Waals surface area contributed by atoms with Gasteiger partial charge in [-0.3, -0.25) is 18.7 Å². The Morgan fingerprint density at radius 1 is 1.14 bits per heavy atom. The van der Waals surface area contributed by atoms with Crippen molar-refractivity contribution in [2.75, 3.05) is 0 Å². The highest BCUT2D eigenvalue weighted by Gasteiger charge is 2.37. The standard InChI is InChI=1S/C24H18F3N3O5S/c1-28-18-9-8-12(10-19(18)36-23(28)35)29-11-15(21(32)33)20(31)30(22(29)34)17-7-3-4-13-14(17)5-2-6-16(13)24(25,26)27/h2,5-6,8-11,17H,3-4,7H2,1H3,(H,32,33)/t17-/m0/s1. The van der Waals surface area contributed by atoms with Crippen LogP contribution in [-0.2, 0) is 19.6 Å². The van der Waals surface area contributed by atoms with Gasteiger partial charge in [-0.1, -0.05) is 23.5 Å². The summed E-state index contributed by atoms with van der Waals surface area (Å²) in [5, 5.41) is 9.69. The molecule has 2 aromatic heterocycles. The number of carboxylic acids is 1. The molecule has 36 heavy (non-hydrogen) atoms. The number of benzene rings is 2. The molecular formula is C24H18F3N3O5S. The summed E-state index contributed by atoms with van der Waals surface area (Å²) >= 11 is 0.935. The molecule has 1 N–H and O–H groups in total. The zero-order chi connectivity index (χ0) is 25.9. The van der Waals surface area contributed by atoms with Gasteiger partial charge in [-0.15, -0.1) is 0 Å². The van der Waals surface area contributed by atoms with E-state index in [0.717, 1.165) is 32.7 Å². The number of hydrogen-bond acceptors (Lipinski definition) is 5. The van der Waals surface area contributed by atoms with Gasteiger partial charge >= 0.3 is 22.7 Å². The van der Waals surface area contributed by atoms with Gasteiger partial charge in [-0.05, 0) is 54.7 Å². The topological polar surface area (TPSA) is 103 Å². The van der Waals surface area contributed by atoms with Crippen molar-refractivity contribution < 1.29 is 23.1 Å². The molecule has 12 heteroatoms. The molecule has 0 spiro atoms. The van der Waals surface area contributed by atoms with Crippen LogP contribution in [0.2, 0.25) is 0 Å². The lowest BCUT2D eigenvalue weighted by molar-refractivity contribution is -0.138. The van der Waals surface area contributed by atoms with Gasteiger partial charge in [0.1, 0.15) is 5.56 Å². The second-order valence-electron chi connectivity index (χ2n) is 8.53. The van der Waals surface area contributed by atoms with Crippen molar-refractivity contribution in [1.82, 2.24) is 13.7 Å². The van der Waals surface area contributed by atoms with Crippen molar-refractivity contribution in [3.63, 3.8) is 0 Å². The first-order valence-electron chi connectivity index (χ1n) is 10.9. The molecule has 0 unspecified atom stereocenters. The third-order valence-corrected chi connectivity index (χ3v) is 7.49. The van der Waals surface area contributed by atoms with Crippen LogP contribution in [0.5, 0.6) is 0 Å². The summed E-state index contributed by atoms with van der Waals surface area (Å²) in [5.41, 5.74) is -2.53. The number of alkyl halides is 3.